The predicted octanol–water partition coefficient (Wildman–Crippen LogP) is 5.33. The smallest absolute Gasteiger partial charge is 0.242 e. The third-order valence-corrected chi connectivity index (χ3v) is 6.31. The van der Waals surface area contributed by atoms with Gasteiger partial charge in [0.1, 0.15) is 6.04 Å². The molecule has 4 nitrogen and oxygen atoms in total. The first-order valence-corrected chi connectivity index (χ1v) is 12.2. The van der Waals surface area contributed by atoms with E-state index in [1.165, 1.54) is 5.56 Å². The lowest BCUT2D eigenvalue weighted by Crippen LogP contribution is -2.49. The quantitative estimate of drug-likeness (QED) is 0.403. The highest BCUT2D eigenvalue weighted by atomic mass is 79.9. The topological polar surface area (TPSA) is 49.4 Å². The van der Waals surface area contributed by atoms with Crippen LogP contribution in [-0.2, 0) is 35.4 Å². The molecule has 3 rings (SSSR count). The zero-order chi connectivity index (χ0) is 23.6. The molecule has 0 aliphatic rings. The van der Waals surface area contributed by atoms with Crippen molar-refractivity contribution in [3.8, 4) is 0 Å². The van der Waals surface area contributed by atoms with Crippen LogP contribution in [0.3, 0.4) is 0 Å². The Morgan fingerprint density at radius 2 is 1.55 bits per heavy atom. The van der Waals surface area contributed by atoms with E-state index in [4.69, 9.17) is 0 Å². The van der Waals surface area contributed by atoms with Crippen LogP contribution in [0.5, 0.6) is 0 Å². The number of hydrogen-bond acceptors (Lipinski definition) is 2. The Bertz CT molecular complexity index is 1050. The van der Waals surface area contributed by atoms with E-state index in [2.05, 4.69) is 52.4 Å². The van der Waals surface area contributed by atoms with Gasteiger partial charge in [-0.1, -0.05) is 89.6 Å². The maximum atomic E-state index is 13.5. The Hall–Kier alpha value is -2.92. The summed E-state index contributed by atoms with van der Waals surface area (Å²) in [5, 5.41) is 2.76. The fraction of sp³-hybridized carbons (Fsp3) is 0.286. The molecule has 0 unspecified atom stereocenters. The van der Waals surface area contributed by atoms with Crippen LogP contribution in [0.15, 0.2) is 83.3 Å². The van der Waals surface area contributed by atoms with Crippen molar-refractivity contribution in [2.45, 2.75) is 45.2 Å². The van der Waals surface area contributed by atoms with E-state index in [0.29, 0.717) is 25.8 Å². The number of likely N-dealkylation sites (N-methyl/N-ethyl adjacent to an activating group) is 1. The summed E-state index contributed by atoms with van der Waals surface area (Å²) in [5.74, 6) is -0.187. The molecule has 0 spiro atoms. The van der Waals surface area contributed by atoms with Crippen LogP contribution in [0, 0.1) is 0 Å². The first-order valence-electron chi connectivity index (χ1n) is 11.4. The second-order valence-electron chi connectivity index (χ2n) is 8.14. The van der Waals surface area contributed by atoms with Gasteiger partial charge in [-0.15, -0.1) is 0 Å². The number of benzene rings is 3. The van der Waals surface area contributed by atoms with Crippen LogP contribution in [-0.4, -0.2) is 29.8 Å². The summed E-state index contributed by atoms with van der Waals surface area (Å²) in [6.45, 7) is 2.50. The number of nitrogens with zero attached hydrogens (tertiary/aromatic N) is 1. The standard InChI is InChI=1S/C28H31BrN2O2/c1-3-21-12-14-22(15-13-21)16-17-27(32)31(20-24-10-7-11-25(29)18-24)26(28(33)30-2)19-23-8-5-4-6-9-23/h4-15,18,26H,3,16-17,19-20H2,1-2H3,(H,30,33)/t26-/m1/s1. The largest absolute Gasteiger partial charge is 0.357 e. The fourth-order valence-corrected chi connectivity index (χ4v) is 4.34. The molecule has 3 aromatic rings. The molecule has 0 aliphatic carbocycles. The molecule has 5 heteroatoms. The molecule has 0 heterocycles. The van der Waals surface area contributed by atoms with Gasteiger partial charge in [0.25, 0.3) is 0 Å². The average molecular weight is 507 g/mol. The first-order chi connectivity index (χ1) is 16.0. The number of halogens is 1. The van der Waals surface area contributed by atoms with E-state index < -0.39 is 6.04 Å². The zero-order valence-corrected chi connectivity index (χ0v) is 20.8. The average Bonchev–Trinajstić information content (AvgIpc) is 2.85. The Labute approximate surface area is 205 Å². The second kappa shape index (κ2) is 12.4. The lowest BCUT2D eigenvalue weighted by Gasteiger charge is -2.31. The third-order valence-electron chi connectivity index (χ3n) is 5.82. The van der Waals surface area contributed by atoms with E-state index >= 15 is 0 Å². The van der Waals surface area contributed by atoms with Gasteiger partial charge in [0.2, 0.25) is 11.8 Å². The molecule has 0 aromatic heterocycles. The van der Waals surface area contributed by atoms with Crippen molar-refractivity contribution in [2.75, 3.05) is 7.05 Å². The van der Waals surface area contributed by atoms with Gasteiger partial charge in [0.05, 0.1) is 0 Å². The molecule has 0 radical (unpaired) electrons. The molecule has 1 atom stereocenters. The molecule has 33 heavy (non-hydrogen) atoms. The third kappa shape index (κ3) is 7.29. The van der Waals surface area contributed by atoms with Crippen molar-refractivity contribution >= 4 is 27.7 Å². The molecule has 0 bridgehead atoms. The van der Waals surface area contributed by atoms with Crippen molar-refractivity contribution in [1.82, 2.24) is 10.2 Å². The first kappa shape index (κ1) is 24.7. The summed E-state index contributed by atoms with van der Waals surface area (Å²) in [6.07, 6.45) is 2.45. The summed E-state index contributed by atoms with van der Waals surface area (Å²) in [4.78, 5) is 28.2. The fourth-order valence-electron chi connectivity index (χ4n) is 3.89. The van der Waals surface area contributed by atoms with Gasteiger partial charge in [-0.05, 0) is 47.2 Å². The van der Waals surface area contributed by atoms with Crippen molar-refractivity contribution in [3.05, 3.63) is 106 Å². The molecular formula is C28H31BrN2O2. The number of carbonyl (C=O) groups excluding carboxylic acids is 2. The van der Waals surface area contributed by atoms with E-state index in [0.717, 1.165) is 27.6 Å². The van der Waals surface area contributed by atoms with E-state index in [1.807, 2.05) is 54.6 Å². The Morgan fingerprint density at radius 3 is 2.18 bits per heavy atom. The summed E-state index contributed by atoms with van der Waals surface area (Å²) < 4.78 is 0.947. The van der Waals surface area contributed by atoms with Crippen molar-refractivity contribution in [1.29, 1.82) is 0 Å². The highest BCUT2D eigenvalue weighted by Gasteiger charge is 2.29. The molecule has 2 amide bonds. The van der Waals surface area contributed by atoms with Crippen LogP contribution < -0.4 is 5.32 Å². The maximum absolute atomic E-state index is 13.5. The van der Waals surface area contributed by atoms with Crippen LogP contribution >= 0.6 is 15.9 Å². The molecule has 0 fully saturated rings. The number of amides is 2. The number of rotatable bonds is 10. The highest BCUT2D eigenvalue weighted by Crippen LogP contribution is 2.19. The summed E-state index contributed by atoms with van der Waals surface area (Å²) in [7, 11) is 1.62. The molecule has 0 saturated carbocycles. The van der Waals surface area contributed by atoms with Crippen LogP contribution in [0.2, 0.25) is 0 Å². The van der Waals surface area contributed by atoms with Gasteiger partial charge in [-0.3, -0.25) is 9.59 Å². The number of carbonyl (C=O) groups is 2. The monoisotopic (exact) mass is 506 g/mol. The van der Waals surface area contributed by atoms with Crippen molar-refractivity contribution < 1.29 is 9.59 Å². The highest BCUT2D eigenvalue weighted by molar-refractivity contribution is 9.10. The minimum absolute atomic E-state index is 0.0286. The van der Waals surface area contributed by atoms with Crippen LogP contribution in [0.1, 0.15) is 35.6 Å². The van der Waals surface area contributed by atoms with Gasteiger partial charge < -0.3 is 10.2 Å². The SMILES string of the molecule is CCc1ccc(CCC(=O)N(Cc2cccc(Br)c2)[C@H](Cc2ccccc2)C(=O)NC)cc1. The maximum Gasteiger partial charge on any atom is 0.242 e. The molecule has 0 saturated heterocycles. The van der Waals surface area contributed by atoms with Crippen molar-refractivity contribution in [3.63, 3.8) is 0 Å². The zero-order valence-electron chi connectivity index (χ0n) is 19.3. The predicted molar refractivity (Wildman–Crippen MR) is 137 cm³/mol. The summed E-state index contributed by atoms with van der Waals surface area (Å²) >= 11 is 3.51. The minimum atomic E-state index is -0.591. The Morgan fingerprint density at radius 1 is 0.879 bits per heavy atom. The van der Waals surface area contributed by atoms with Crippen LogP contribution in [0.4, 0.5) is 0 Å². The molecule has 172 valence electrons. The number of aryl methyl sites for hydroxylation is 2. The Balaban J connectivity index is 1.85. The van der Waals surface area contributed by atoms with Gasteiger partial charge in [0.15, 0.2) is 0 Å². The second-order valence-corrected chi connectivity index (χ2v) is 9.06. The minimum Gasteiger partial charge on any atom is -0.357 e. The van der Waals surface area contributed by atoms with Gasteiger partial charge in [-0.2, -0.15) is 0 Å². The van der Waals surface area contributed by atoms with Gasteiger partial charge in [0, 0.05) is 30.9 Å². The number of hydrogen-bond donors (Lipinski definition) is 1. The number of nitrogens with one attached hydrogen (secondary N) is 1. The lowest BCUT2D eigenvalue weighted by molar-refractivity contribution is -0.141. The van der Waals surface area contributed by atoms with E-state index in [9.17, 15) is 9.59 Å². The Kier molecular flexibility index (Phi) is 9.25. The molecule has 0 aliphatic heterocycles. The molecular weight excluding hydrogens is 476 g/mol. The van der Waals surface area contributed by atoms with E-state index in [-0.39, 0.29) is 11.8 Å². The van der Waals surface area contributed by atoms with Crippen LogP contribution in [0.25, 0.3) is 0 Å². The van der Waals surface area contributed by atoms with Crippen molar-refractivity contribution in [2.24, 2.45) is 0 Å². The lowest BCUT2D eigenvalue weighted by atomic mass is 10.0. The molecule has 1 N–H and O–H groups in total. The normalized spacial score (nSPS) is 11.6. The van der Waals surface area contributed by atoms with E-state index in [1.54, 1.807) is 11.9 Å². The summed E-state index contributed by atoms with van der Waals surface area (Å²) in [6, 6.07) is 25.5. The van der Waals surface area contributed by atoms with Gasteiger partial charge in [-0.25, -0.2) is 0 Å². The molecule has 3 aromatic carbocycles. The van der Waals surface area contributed by atoms with Gasteiger partial charge >= 0.3 is 0 Å². The summed E-state index contributed by atoms with van der Waals surface area (Å²) in [5.41, 5.74) is 4.41.